The summed E-state index contributed by atoms with van der Waals surface area (Å²) in [5, 5.41) is 4.39. The quantitative estimate of drug-likeness (QED) is 0.801. The van der Waals surface area contributed by atoms with Crippen molar-refractivity contribution < 1.29 is 0 Å². The molecule has 0 spiro atoms. The van der Waals surface area contributed by atoms with Crippen LogP contribution in [0, 0.1) is 6.92 Å². The van der Waals surface area contributed by atoms with E-state index in [1.807, 2.05) is 6.07 Å². The van der Waals surface area contributed by atoms with E-state index in [1.165, 1.54) is 30.6 Å². The van der Waals surface area contributed by atoms with E-state index < -0.39 is 0 Å². The second kappa shape index (κ2) is 5.67. The van der Waals surface area contributed by atoms with Gasteiger partial charge in [-0.15, -0.1) is 0 Å². The molecule has 1 aliphatic rings. The molecule has 2 nitrogen and oxygen atoms in total. The van der Waals surface area contributed by atoms with E-state index in [0.29, 0.717) is 6.04 Å². The predicted octanol–water partition coefficient (Wildman–Crippen LogP) is 3.66. The molecule has 94 valence electrons. The molecule has 2 unspecified atom stereocenters. The van der Waals surface area contributed by atoms with E-state index in [4.69, 9.17) is 5.73 Å². The first-order valence-electron chi connectivity index (χ1n) is 6.45. The first-order valence-corrected chi connectivity index (χ1v) is 7.50. The van der Waals surface area contributed by atoms with Crippen LogP contribution in [0.3, 0.4) is 0 Å². The Bertz CT molecular complexity index is 378. The van der Waals surface area contributed by atoms with Gasteiger partial charge < -0.3 is 11.1 Å². The van der Waals surface area contributed by atoms with Crippen molar-refractivity contribution >= 4 is 23.1 Å². The van der Waals surface area contributed by atoms with Crippen molar-refractivity contribution in [3.8, 4) is 0 Å². The Morgan fingerprint density at radius 1 is 1.41 bits per heavy atom. The zero-order valence-electron chi connectivity index (χ0n) is 10.7. The summed E-state index contributed by atoms with van der Waals surface area (Å²) < 4.78 is 0. The van der Waals surface area contributed by atoms with Crippen molar-refractivity contribution in [2.75, 3.05) is 16.8 Å². The van der Waals surface area contributed by atoms with E-state index in [9.17, 15) is 0 Å². The summed E-state index contributed by atoms with van der Waals surface area (Å²) in [6, 6.07) is 6.80. The lowest BCUT2D eigenvalue weighted by Crippen LogP contribution is -2.26. The van der Waals surface area contributed by atoms with Crippen LogP contribution in [0.5, 0.6) is 0 Å². The van der Waals surface area contributed by atoms with Gasteiger partial charge in [-0.3, -0.25) is 0 Å². The maximum atomic E-state index is 6.02. The molecule has 1 aliphatic carbocycles. The minimum absolute atomic E-state index is 0.587. The minimum atomic E-state index is 0.587. The predicted molar refractivity (Wildman–Crippen MR) is 78.8 cm³/mol. The van der Waals surface area contributed by atoms with Crippen LogP contribution < -0.4 is 11.1 Å². The zero-order valence-corrected chi connectivity index (χ0v) is 11.5. The smallest absolute Gasteiger partial charge is 0.0579 e. The fourth-order valence-corrected chi connectivity index (χ4v) is 3.70. The largest absolute Gasteiger partial charge is 0.397 e. The third kappa shape index (κ3) is 3.09. The number of benzene rings is 1. The molecule has 0 aromatic heterocycles. The summed E-state index contributed by atoms with van der Waals surface area (Å²) >= 11 is 2.07. The molecule has 3 heteroatoms. The molecule has 1 aromatic carbocycles. The van der Waals surface area contributed by atoms with Gasteiger partial charge in [0.2, 0.25) is 0 Å². The van der Waals surface area contributed by atoms with Crippen molar-refractivity contribution in [2.45, 2.75) is 44.4 Å². The topological polar surface area (TPSA) is 38.0 Å². The first kappa shape index (κ1) is 12.6. The van der Waals surface area contributed by atoms with Gasteiger partial charge in [0.05, 0.1) is 11.4 Å². The average molecular weight is 250 g/mol. The molecule has 0 saturated heterocycles. The van der Waals surface area contributed by atoms with Gasteiger partial charge in [-0.05, 0) is 43.2 Å². The van der Waals surface area contributed by atoms with Gasteiger partial charge in [0.1, 0.15) is 0 Å². The summed E-state index contributed by atoms with van der Waals surface area (Å²) in [5.41, 5.74) is 9.25. The van der Waals surface area contributed by atoms with Crippen molar-refractivity contribution in [1.29, 1.82) is 0 Å². The van der Waals surface area contributed by atoms with Gasteiger partial charge in [-0.1, -0.05) is 19.4 Å². The molecule has 0 bridgehead atoms. The molecule has 0 amide bonds. The molecule has 2 rings (SSSR count). The molecular formula is C14H22N2S. The number of nitrogens with two attached hydrogens (primary N) is 1. The number of rotatable bonds is 4. The maximum absolute atomic E-state index is 6.02. The normalized spacial score (nSPS) is 23.9. The molecule has 0 radical (unpaired) electrons. The lowest BCUT2D eigenvalue weighted by molar-refractivity contribution is 0.768. The van der Waals surface area contributed by atoms with E-state index in [-0.39, 0.29) is 0 Å². The zero-order chi connectivity index (χ0) is 12.3. The highest BCUT2D eigenvalue weighted by Gasteiger charge is 2.27. The van der Waals surface area contributed by atoms with E-state index in [2.05, 4.69) is 43.1 Å². The Hall–Kier alpha value is -0.830. The second-order valence-electron chi connectivity index (χ2n) is 4.77. The summed E-state index contributed by atoms with van der Waals surface area (Å²) in [6.07, 6.45) is 3.94. The van der Waals surface area contributed by atoms with Gasteiger partial charge >= 0.3 is 0 Å². The first-order chi connectivity index (χ1) is 8.20. The Balaban J connectivity index is 2.06. The monoisotopic (exact) mass is 250 g/mol. The summed E-state index contributed by atoms with van der Waals surface area (Å²) in [5.74, 6) is 1.20. The molecule has 1 saturated carbocycles. The number of nitrogens with one attached hydrogen (secondary N) is 1. The Kier molecular flexibility index (Phi) is 4.21. The van der Waals surface area contributed by atoms with E-state index in [0.717, 1.165) is 16.6 Å². The second-order valence-corrected chi connectivity index (χ2v) is 6.28. The van der Waals surface area contributed by atoms with Crippen LogP contribution in [0.4, 0.5) is 11.4 Å². The molecule has 1 fully saturated rings. The lowest BCUT2D eigenvalue weighted by atomic mass is 10.1. The number of hydrogen-bond acceptors (Lipinski definition) is 3. The van der Waals surface area contributed by atoms with Gasteiger partial charge in [-0.25, -0.2) is 0 Å². The molecule has 17 heavy (non-hydrogen) atoms. The van der Waals surface area contributed by atoms with Crippen LogP contribution in [-0.4, -0.2) is 17.0 Å². The lowest BCUT2D eigenvalue weighted by Gasteiger charge is -2.22. The number of thioether (sulfide) groups is 1. The molecule has 3 N–H and O–H groups in total. The third-order valence-electron chi connectivity index (χ3n) is 3.38. The van der Waals surface area contributed by atoms with Crippen molar-refractivity contribution in [1.82, 2.24) is 0 Å². The average Bonchev–Trinajstić information content (AvgIpc) is 2.72. The van der Waals surface area contributed by atoms with E-state index >= 15 is 0 Å². The molecule has 2 atom stereocenters. The van der Waals surface area contributed by atoms with Crippen molar-refractivity contribution in [2.24, 2.45) is 0 Å². The number of hydrogen-bond donors (Lipinski definition) is 2. The molecule has 1 aromatic rings. The van der Waals surface area contributed by atoms with Crippen LogP contribution in [0.15, 0.2) is 18.2 Å². The number of nitrogen functional groups attached to an aromatic ring is 1. The molecular weight excluding hydrogens is 228 g/mol. The van der Waals surface area contributed by atoms with Crippen LogP contribution in [0.1, 0.15) is 31.7 Å². The number of aryl methyl sites for hydroxylation is 1. The van der Waals surface area contributed by atoms with Crippen molar-refractivity contribution in [3.05, 3.63) is 23.8 Å². The Labute approximate surface area is 108 Å². The van der Waals surface area contributed by atoms with Crippen LogP contribution in [0.2, 0.25) is 0 Å². The summed E-state index contributed by atoms with van der Waals surface area (Å²) in [7, 11) is 0. The third-order valence-corrected chi connectivity index (χ3v) is 4.71. The molecule has 0 aliphatic heterocycles. The standard InChI is InChI=1S/C14H22N2S/c1-3-17-14-6-4-5-12(14)16-13-9-10(2)7-8-11(13)15/h7-9,12,14,16H,3-6,15H2,1-2H3. The highest BCUT2D eigenvalue weighted by molar-refractivity contribution is 7.99. The van der Waals surface area contributed by atoms with Crippen LogP contribution >= 0.6 is 11.8 Å². The maximum Gasteiger partial charge on any atom is 0.0579 e. The summed E-state index contributed by atoms with van der Waals surface area (Å²) in [4.78, 5) is 0. The highest BCUT2D eigenvalue weighted by Crippen LogP contribution is 2.33. The van der Waals surface area contributed by atoms with Crippen LogP contribution in [0.25, 0.3) is 0 Å². The SMILES string of the molecule is CCSC1CCCC1Nc1cc(C)ccc1N. The molecule has 0 heterocycles. The summed E-state index contributed by atoms with van der Waals surface area (Å²) in [6.45, 7) is 4.35. The Morgan fingerprint density at radius 3 is 3.00 bits per heavy atom. The Morgan fingerprint density at radius 2 is 2.24 bits per heavy atom. The van der Waals surface area contributed by atoms with E-state index in [1.54, 1.807) is 0 Å². The number of anilines is 2. The van der Waals surface area contributed by atoms with Gasteiger partial charge in [-0.2, -0.15) is 11.8 Å². The van der Waals surface area contributed by atoms with Crippen molar-refractivity contribution in [3.63, 3.8) is 0 Å². The fourth-order valence-electron chi connectivity index (χ4n) is 2.50. The van der Waals surface area contributed by atoms with Gasteiger partial charge in [0.15, 0.2) is 0 Å². The van der Waals surface area contributed by atoms with Crippen LogP contribution in [-0.2, 0) is 0 Å². The minimum Gasteiger partial charge on any atom is -0.397 e. The van der Waals surface area contributed by atoms with Gasteiger partial charge in [0.25, 0.3) is 0 Å². The van der Waals surface area contributed by atoms with Gasteiger partial charge in [0, 0.05) is 11.3 Å². The fraction of sp³-hybridized carbons (Fsp3) is 0.571. The highest BCUT2D eigenvalue weighted by atomic mass is 32.2.